The maximum absolute atomic E-state index is 12.0. The van der Waals surface area contributed by atoms with E-state index in [1.165, 1.54) is 0 Å². The molecule has 1 amide bonds. The first-order valence-electron chi connectivity index (χ1n) is 5.60. The molecule has 0 aliphatic heterocycles. The number of anilines is 1. The van der Waals surface area contributed by atoms with Gasteiger partial charge in [-0.2, -0.15) is 0 Å². The van der Waals surface area contributed by atoms with Gasteiger partial charge in [-0.25, -0.2) is 0 Å². The molecule has 0 fully saturated rings. The van der Waals surface area contributed by atoms with E-state index in [2.05, 4.69) is 5.32 Å². The molecule has 0 bridgehead atoms. The van der Waals surface area contributed by atoms with Crippen molar-refractivity contribution < 1.29 is 4.79 Å². The third-order valence-electron chi connectivity index (χ3n) is 2.98. The van der Waals surface area contributed by atoms with E-state index in [-0.39, 0.29) is 11.3 Å². The fraction of sp³-hybridized carbons (Fsp3) is 0.462. The van der Waals surface area contributed by atoms with Gasteiger partial charge in [-0.05, 0) is 18.1 Å². The van der Waals surface area contributed by atoms with E-state index < -0.39 is 0 Å². The van der Waals surface area contributed by atoms with Crippen LogP contribution in [0.25, 0.3) is 0 Å². The minimum atomic E-state index is -0.346. The Bertz CT molecular complexity index is 372. The number of hydrogen-bond donors (Lipinski definition) is 2. The lowest BCUT2D eigenvalue weighted by Crippen LogP contribution is -2.30. The highest BCUT2D eigenvalue weighted by Gasteiger charge is 2.25. The fourth-order valence-electron chi connectivity index (χ4n) is 1.27. The van der Waals surface area contributed by atoms with Crippen molar-refractivity contribution in [2.75, 3.05) is 5.32 Å². The van der Waals surface area contributed by atoms with E-state index in [0.717, 1.165) is 17.7 Å². The van der Waals surface area contributed by atoms with E-state index in [4.69, 9.17) is 5.73 Å². The molecule has 16 heavy (non-hydrogen) atoms. The Morgan fingerprint density at radius 3 is 2.56 bits per heavy atom. The van der Waals surface area contributed by atoms with Crippen LogP contribution in [0, 0.1) is 5.41 Å². The molecule has 0 aliphatic carbocycles. The van der Waals surface area contributed by atoms with Crippen LogP contribution in [0.4, 0.5) is 5.69 Å². The molecule has 0 aliphatic rings. The molecule has 1 aromatic carbocycles. The van der Waals surface area contributed by atoms with Crippen LogP contribution in [0.15, 0.2) is 24.3 Å². The van der Waals surface area contributed by atoms with Crippen molar-refractivity contribution in [3.05, 3.63) is 29.8 Å². The molecule has 0 heterocycles. The first-order chi connectivity index (χ1) is 7.51. The SMILES string of the molecule is CCC(C)(C)C(=O)Nc1ccccc1CN. The minimum absolute atomic E-state index is 0.0379. The predicted molar refractivity (Wildman–Crippen MR) is 67.0 cm³/mol. The number of carbonyl (C=O) groups is 1. The van der Waals surface area contributed by atoms with E-state index in [0.29, 0.717) is 6.54 Å². The molecular formula is C13H20N2O. The number of carbonyl (C=O) groups excluding carboxylic acids is 1. The van der Waals surface area contributed by atoms with Crippen LogP contribution in [0.1, 0.15) is 32.8 Å². The van der Waals surface area contributed by atoms with Crippen LogP contribution in [-0.4, -0.2) is 5.91 Å². The zero-order chi connectivity index (χ0) is 12.2. The maximum atomic E-state index is 12.0. The first-order valence-corrected chi connectivity index (χ1v) is 5.60. The lowest BCUT2D eigenvalue weighted by Gasteiger charge is -2.22. The standard InChI is InChI=1S/C13H20N2O/c1-4-13(2,3)12(16)15-11-8-6-5-7-10(11)9-14/h5-8H,4,9,14H2,1-3H3,(H,15,16). The molecule has 0 atom stereocenters. The highest BCUT2D eigenvalue weighted by atomic mass is 16.2. The lowest BCUT2D eigenvalue weighted by atomic mass is 9.89. The number of benzene rings is 1. The molecule has 1 aromatic rings. The van der Waals surface area contributed by atoms with Gasteiger partial charge in [-0.1, -0.05) is 39.0 Å². The van der Waals surface area contributed by atoms with Gasteiger partial charge in [0.25, 0.3) is 0 Å². The fourth-order valence-corrected chi connectivity index (χ4v) is 1.27. The number of amides is 1. The van der Waals surface area contributed by atoms with Gasteiger partial charge in [0.1, 0.15) is 0 Å². The molecule has 3 N–H and O–H groups in total. The predicted octanol–water partition coefficient (Wildman–Crippen LogP) is 2.52. The molecule has 0 saturated carbocycles. The summed E-state index contributed by atoms with van der Waals surface area (Å²) < 4.78 is 0. The van der Waals surface area contributed by atoms with Crippen molar-refractivity contribution in [2.24, 2.45) is 11.1 Å². The topological polar surface area (TPSA) is 55.1 Å². The van der Waals surface area contributed by atoms with Crippen molar-refractivity contribution in [3.63, 3.8) is 0 Å². The van der Waals surface area contributed by atoms with Crippen molar-refractivity contribution in [2.45, 2.75) is 33.7 Å². The minimum Gasteiger partial charge on any atom is -0.326 e. The van der Waals surface area contributed by atoms with E-state index in [9.17, 15) is 4.79 Å². The second kappa shape index (κ2) is 5.12. The number of nitrogens with two attached hydrogens (primary N) is 1. The van der Waals surface area contributed by atoms with Crippen molar-refractivity contribution in [1.29, 1.82) is 0 Å². The highest BCUT2D eigenvalue weighted by Crippen LogP contribution is 2.23. The van der Waals surface area contributed by atoms with Crippen molar-refractivity contribution in [1.82, 2.24) is 0 Å². The Labute approximate surface area is 97.0 Å². The van der Waals surface area contributed by atoms with Crippen LogP contribution in [0.2, 0.25) is 0 Å². The zero-order valence-electron chi connectivity index (χ0n) is 10.2. The third kappa shape index (κ3) is 2.83. The molecule has 0 unspecified atom stereocenters. The summed E-state index contributed by atoms with van der Waals surface area (Å²) in [6.45, 7) is 6.32. The van der Waals surface area contributed by atoms with Gasteiger partial charge < -0.3 is 11.1 Å². The van der Waals surface area contributed by atoms with Gasteiger partial charge in [0.05, 0.1) is 0 Å². The molecule has 3 heteroatoms. The number of nitrogens with one attached hydrogen (secondary N) is 1. The van der Waals surface area contributed by atoms with E-state index >= 15 is 0 Å². The normalized spacial score (nSPS) is 11.2. The average molecular weight is 220 g/mol. The first kappa shape index (κ1) is 12.7. The molecule has 88 valence electrons. The van der Waals surface area contributed by atoms with Gasteiger partial charge >= 0.3 is 0 Å². The lowest BCUT2D eigenvalue weighted by molar-refractivity contribution is -0.124. The molecule has 0 saturated heterocycles. The number of rotatable bonds is 4. The molecule has 0 radical (unpaired) electrons. The second-order valence-electron chi connectivity index (χ2n) is 4.55. The Balaban J connectivity index is 2.85. The summed E-state index contributed by atoms with van der Waals surface area (Å²) in [5, 5.41) is 2.93. The summed E-state index contributed by atoms with van der Waals surface area (Å²) in [7, 11) is 0. The summed E-state index contributed by atoms with van der Waals surface area (Å²) in [4.78, 5) is 12.0. The van der Waals surface area contributed by atoms with Crippen molar-refractivity contribution >= 4 is 11.6 Å². The van der Waals surface area contributed by atoms with Crippen LogP contribution in [-0.2, 0) is 11.3 Å². The highest BCUT2D eigenvalue weighted by molar-refractivity contribution is 5.95. The van der Waals surface area contributed by atoms with Crippen LogP contribution >= 0.6 is 0 Å². The van der Waals surface area contributed by atoms with Crippen molar-refractivity contribution in [3.8, 4) is 0 Å². The Morgan fingerprint density at radius 1 is 1.38 bits per heavy atom. The van der Waals surface area contributed by atoms with Gasteiger partial charge in [0.2, 0.25) is 5.91 Å². The van der Waals surface area contributed by atoms with Gasteiger partial charge in [-0.15, -0.1) is 0 Å². The molecular weight excluding hydrogens is 200 g/mol. The number of para-hydroxylation sites is 1. The smallest absolute Gasteiger partial charge is 0.230 e. The second-order valence-corrected chi connectivity index (χ2v) is 4.55. The average Bonchev–Trinajstić information content (AvgIpc) is 2.29. The quantitative estimate of drug-likeness (QED) is 0.819. The zero-order valence-corrected chi connectivity index (χ0v) is 10.2. The third-order valence-corrected chi connectivity index (χ3v) is 2.98. The van der Waals surface area contributed by atoms with Crippen LogP contribution in [0.3, 0.4) is 0 Å². The van der Waals surface area contributed by atoms with Gasteiger partial charge in [0, 0.05) is 17.6 Å². The van der Waals surface area contributed by atoms with Crippen LogP contribution in [0.5, 0.6) is 0 Å². The molecule has 0 aromatic heterocycles. The summed E-state index contributed by atoms with van der Waals surface area (Å²) in [5.74, 6) is 0.0379. The van der Waals surface area contributed by atoms with Gasteiger partial charge in [0.15, 0.2) is 0 Å². The van der Waals surface area contributed by atoms with E-state index in [1.54, 1.807) is 0 Å². The molecule has 3 nitrogen and oxygen atoms in total. The Kier molecular flexibility index (Phi) is 4.07. The Morgan fingerprint density at radius 2 is 2.00 bits per heavy atom. The summed E-state index contributed by atoms with van der Waals surface area (Å²) in [5.41, 5.74) is 7.05. The number of hydrogen-bond acceptors (Lipinski definition) is 2. The Hall–Kier alpha value is -1.35. The monoisotopic (exact) mass is 220 g/mol. The summed E-state index contributed by atoms with van der Waals surface area (Å²) in [6, 6.07) is 7.62. The van der Waals surface area contributed by atoms with E-state index in [1.807, 2.05) is 45.0 Å². The maximum Gasteiger partial charge on any atom is 0.230 e. The van der Waals surface area contributed by atoms with Gasteiger partial charge in [-0.3, -0.25) is 4.79 Å². The summed E-state index contributed by atoms with van der Waals surface area (Å²) >= 11 is 0. The molecule has 1 rings (SSSR count). The molecule has 0 spiro atoms. The summed E-state index contributed by atoms with van der Waals surface area (Å²) in [6.07, 6.45) is 0.809. The van der Waals surface area contributed by atoms with Crippen LogP contribution < -0.4 is 11.1 Å². The largest absolute Gasteiger partial charge is 0.326 e.